The van der Waals surface area contributed by atoms with Crippen molar-refractivity contribution in [3.8, 4) is 0 Å². The van der Waals surface area contributed by atoms with Crippen molar-refractivity contribution < 1.29 is 0 Å². The van der Waals surface area contributed by atoms with Crippen LogP contribution in [0.3, 0.4) is 0 Å². The van der Waals surface area contributed by atoms with E-state index in [1.54, 1.807) is 11.3 Å². The summed E-state index contributed by atoms with van der Waals surface area (Å²) >= 11 is 1.80. The van der Waals surface area contributed by atoms with Crippen LogP contribution in [0.5, 0.6) is 0 Å². The summed E-state index contributed by atoms with van der Waals surface area (Å²) in [6, 6.07) is 0. The molecule has 1 saturated heterocycles. The average molecular weight is 448 g/mol. The van der Waals surface area contributed by atoms with Crippen molar-refractivity contribution >= 4 is 41.3 Å². The normalized spacial score (nSPS) is 20.6. The zero-order chi connectivity index (χ0) is 15.4. The van der Waals surface area contributed by atoms with E-state index < -0.39 is 0 Å². The number of nitrogens with one attached hydrogen (secondary N) is 1. The zero-order valence-corrected chi connectivity index (χ0v) is 17.5. The number of nitrogens with zero attached hydrogens (tertiary/aromatic N) is 3. The fraction of sp³-hybridized carbons (Fsp3) is 0.765. The number of aromatic nitrogens is 1. The molecular weight excluding hydrogens is 419 g/mol. The fourth-order valence-electron chi connectivity index (χ4n) is 3.91. The third-order valence-electron chi connectivity index (χ3n) is 5.21. The number of guanidine groups is 1. The van der Waals surface area contributed by atoms with Gasteiger partial charge in [0.25, 0.3) is 0 Å². The molecule has 1 spiro atoms. The third-order valence-corrected chi connectivity index (χ3v) is 6.35. The zero-order valence-electron chi connectivity index (χ0n) is 14.3. The lowest BCUT2D eigenvalue weighted by atomic mass is 9.73. The maximum atomic E-state index is 4.50. The van der Waals surface area contributed by atoms with Gasteiger partial charge in [0.2, 0.25) is 0 Å². The van der Waals surface area contributed by atoms with E-state index in [2.05, 4.69) is 27.1 Å². The summed E-state index contributed by atoms with van der Waals surface area (Å²) in [6.45, 7) is 5.31. The molecule has 0 unspecified atom stereocenters. The number of likely N-dealkylation sites (tertiary alicyclic amines) is 1. The molecule has 3 rings (SSSR count). The van der Waals surface area contributed by atoms with E-state index in [0.717, 1.165) is 30.5 Å². The number of hydrogen-bond acceptors (Lipinski definition) is 3. The molecule has 130 valence electrons. The van der Waals surface area contributed by atoms with Gasteiger partial charge in [0, 0.05) is 31.2 Å². The van der Waals surface area contributed by atoms with Crippen LogP contribution in [0.25, 0.3) is 0 Å². The molecule has 1 aliphatic carbocycles. The number of rotatable bonds is 3. The van der Waals surface area contributed by atoms with Gasteiger partial charge < -0.3 is 10.2 Å². The van der Waals surface area contributed by atoms with E-state index >= 15 is 0 Å². The molecule has 0 radical (unpaired) electrons. The van der Waals surface area contributed by atoms with Gasteiger partial charge in [0.1, 0.15) is 5.01 Å². The number of aryl methyl sites for hydroxylation is 1. The Hall–Kier alpha value is -0.370. The maximum absolute atomic E-state index is 4.50. The molecule has 2 heterocycles. The Labute approximate surface area is 161 Å². The lowest BCUT2D eigenvalue weighted by Gasteiger charge is -2.33. The lowest BCUT2D eigenvalue weighted by molar-refractivity contribution is 0.203. The minimum atomic E-state index is 0. The molecule has 1 aliphatic heterocycles. The predicted octanol–water partition coefficient (Wildman–Crippen LogP) is 4.06. The third kappa shape index (κ3) is 4.59. The molecule has 1 N–H and O–H groups in total. The van der Waals surface area contributed by atoms with E-state index in [-0.39, 0.29) is 24.0 Å². The average Bonchev–Trinajstić information content (AvgIpc) is 3.17. The maximum Gasteiger partial charge on any atom is 0.194 e. The Morgan fingerprint density at radius 1 is 1.35 bits per heavy atom. The highest BCUT2D eigenvalue weighted by Gasteiger charge is 2.39. The minimum absolute atomic E-state index is 0. The minimum Gasteiger partial charge on any atom is -0.350 e. The van der Waals surface area contributed by atoms with Gasteiger partial charge in [-0.2, -0.15) is 0 Å². The second kappa shape index (κ2) is 8.65. The first-order valence-electron chi connectivity index (χ1n) is 8.64. The van der Waals surface area contributed by atoms with Crippen LogP contribution in [0.4, 0.5) is 0 Å². The van der Waals surface area contributed by atoms with E-state index in [1.165, 1.54) is 49.9 Å². The van der Waals surface area contributed by atoms with Gasteiger partial charge in [-0.15, -0.1) is 35.3 Å². The lowest BCUT2D eigenvalue weighted by Crippen LogP contribution is -2.41. The molecule has 0 atom stereocenters. The van der Waals surface area contributed by atoms with Gasteiger partial charge in [0.05, 0.1) is 6.54 Å². The number of hydrogen-bond donors (Lipinski definition) is 1. The van der Waals surface area contributed by atoms with Crippen LogP contribution in [0.15, 0.2) is 11.2 Å². The molecule has 1 aromatic heterocycles. The van der Waals surface area contributed by atoms with E-state index in [0.29, 0.717) is 5.41 Å². The first kappa shape index (κ1) is 19.0. The summed E-state index contributed by atoms with van der Waals surface area (Å²) in [4.78, 5) is 12.8. The second-order valence-corrected chi connectivity index (χ2v) is 7.91. The molecule has 2 aliphatic rings. The van der Waals surface area contributed by atoms with E-state index in [1.807, 2.05) is 13.2 Å². The molecular formula is C17H29IN4S. The van der Waals surface area contributed by atoms with Gasteiger partial charge in [-0.3, -0.25) is 4.99 Å². The summed E-state index contributed by atoms with van der Waals surface area (Å²) in [6.07, 6.45) is 11.5. The van der Waals surface area contributed by atoms with Crippen LogP contribution in [-0.4, -0.2) is 36.0 Å². The molecule has 2 fully saturated rings. The second-order valence-electron chi connectivity index (χ2n) is 6.71. The number of aliphatic imine (C=N–C) groups is 1. The van der Waals surface area contributed by atoms with Gasteiger partial charge in [-0.05, 0) is 31.1 Å². The highest BCUT2D eigenvalue weighted by Crippen LogP contribution is 2.43. The molecule has 1 saturated carbocycles. The van der Waals surface area contributed by atoms with Gasteiger partial charge >= 0.3 is 0 Å². The number of halogens is 1. The molecule has 0 amide bonds. The Morgan fingerprint density at radius 2 is 2.13 bits per heavy atom. The van der Waals surface area contributed by atoms with Crippen LogP contribution >= 0.6 is 35.3 Å². The SMILES string of the molecule is CCc1cnc(CNC(=NC)N2CCC3(CCCCC3)C2)s1.I. The summed E-state index contributed by atoms with van der Waals surface area (Å²) in [5.41, 5.74) is 0.576. The van der Waals surface area contributed by atoms with Crippen molar-refractivity contribution in [1.82, 2.24) is 15.2 Å². The summed E-state index contributed by atoms with van der Waals surface area (Å²) in [5.74, 6) is 1.05. The highest BCUT2D eigenvalue weighted by atomic mass is 127. The quantitative estimate of drug-likeness (QED) is 0.431. The fourth-order valence-corrected chi connectivity index (χ4v) is 4.71. The van der Waals surface area contributed by atoms with E-state index in [4.69, 9.17) is 0 Å². The van der Waals surface area contributed by atoms with Crippen molar-refractivity contribution in [3.63, 3.8) is 0 Å². The summed E-state index contributed by atoms with van der Waals surface area (Å²) < 4.78 is 0. The van der Waals surface area contributed by atoms with Gasteiger partial charge in [-0.1, -0.05) is 26.2 Å². The van der Waals surface area contributed by atoms with Crippen LogP contribution in [-0.2, 0) is 13.0 Å². The van der Waals surface area contributed by atoms with Crippen LogP contribution in [0, 0.1) is 5.41 Å². The van der Waals surface area contributed by atoms with E-state index in [9.17, 15) is 0 Å². The molecule has 23 heavy (non-hydrogen) atoms. The summed E-state index contributed by atoms with van der Waals surface area (Å²) in [5, 5.41) is 4.67. The van der Waals surface area contributed by atoms with Crippen LogP contribution < -0.4 is 5.32 Å². The van der Waals surface area contributed by atoms with Crippen molar-refractivity contribution in [1.29, 1.82) is 0 Å². The molecule has 0 bridgehead atoms. The van der Waals surface area contributed by atoms with Crippen molar-refractivity contribution in [2.24, 2.45) is 10.4 Å². The monoisotopic (exact) mass is 448 g/mol. The van der Waals surface area contributed by atoms with Gasteiger partial charge in [0.15, 0.2) is 5.96 Å². The molecule has 0 aromatic carbocycles. The van der Waals surface area contributed by atoms with Crippen molar-refractivity contribution in [2.75, 3.05) is 20.1 Å². The highest BCUT2D eigenvalue weighted by molar-refractivity contribution is 14.0. The Balaban J connectivity index is 0.00000192. The molecule has 1 aromatic rings. The smallest absolute Gasteiger partial charge is 0.194 e. The Kier molecular flexibility index (Phi) is 7.13. The summed E-state index contributed by atoms with van der Waals surface area (Å²) in [7, 11) is 1.90. The number of thiazole rings is 1. The molecule has 4 nitrogen and oxygen atoms in total. The molecule has 6 heteroatoms. The topological polar surface area (TPSA) is 40.5 Å². The van der Waals surface area contributed by atoms with Crippen LogP contribution in [0.1, 0.15) is 55.3 Å². The van der Waals surface area contributed by atoms with Crippen molar-refractivity contribution in [2.45, 2.75) is 58.4 Å². The standard InChI is InChI=1S/C17H28N4S.HI/c1-3-14-11-19-15(22-14)12-20-16(18-2)21-10-9-17(13-21)7-5-4-6-8-17;/h11H,3-10,12-13H2,1-2H3,(H,18,20);1H. The van der Waals surface area contributed by atoms with Gasteiger partial charge in [-0.25, -0.2) is 4.98 Å². The Morgan fingerprint density at radius 3 is 2.78 bits per heavy atom. The first-order chi connectivity index (χ1) is 10.7. The Bertz CT molecular complexity index is 522. The van der Waals surface area contributed by atoms with Crippen molar-refractivity contribution in [3.05, 3.63) is 16.1 Å². The largest absolute Gasteiger partial charge is 0.350 e. The predicted molar refractivity (Wildman–Crippen MR) is 109 cm³/mol. The van der Waals surface area contributed by atoms with Crippen LogP contribution in [0.2, 0.25) is 0 Å². The first-order valence-corrected chi connectivity index (χ1v) is 9.45.